The van der Waals surface area contributed by atoms with Crippen molar-refractivity contribution in [3.05, 3.63) is 34.3 Å². The molecular weight excluding hydrogens is 376 g/mol. The van der Waals surface area contributed by atoms with Gasteiger partial charge in [-0.25, -0.2) is 4.98 Å². The predicted octanol–water partition coefficient (Wildman–Crippen LogP) is 2.41. The van der Waals surface area contributed by atoms with Crippen LogP contribution >= 0.6 is 11.3 Å². The van der Waals surface area contributed by atoms with Crippen LogP contribution < -0.4 is 10.1 Å². The molecule has 0 aliphatic carbocycles. The molecule has 0 unspecified atom stereocenters. The topological polar surface area (TPSA) is 87.5 Å². The van der Waals surface area contributed by atoms with Crippen LogP contribution in [0.5, 0.6) is 5.75 Å². The van der Waals surface area contributed by atoms with Crippen molar-refractivity contribution in [2.45, 2.75) is 32.0 Å². The molecule has 8 heteroatoms. The molecule has 1 saturated heterocycles. The number of methoxy groups -OCH3 is 1. The Bertz CT molecular complexity index is 936. The van der Waals surface area contributed by atoms with Crippen molar-refractivity contribution in [1.29, 1.82) is 5.26 Å². The van der Waals surface area contributed by atoms with E-state index in [-0.39, 0.29) is 18.0 Å². The van der Waals surface area contributed by atoms with Gasteiger partial charge in [0.1, 0.15) is 22.5 Å². The summed E-state index contributed by atoms with van der Waals surface area (Å²) in [4.78, 5) is 20.5. The van der Waals surface area contributed by atoms with Crippen LogP contribution in [0.3, 0.4) is 0 Å². The van der Waals surface area contributed by atoms with E-state index in [1.54, 1.807) is 13.2 Å². The average Bonchev–Trinajstić information content (AvgIpc) is 3.39. The summed E-state index contributed by atoms with van der Waals surface area (Å²) in [5.74, 6) is 0.517. The number of nitriles is 1. The maximum absolute atomic E-state index is 13.0. The average molecular weight is 398 g/mol. The Morgan fingerprint density at radius 1 is 1.46 bits per heavy atom. The van der Waals surface area contributed by atoms with E-state index >= 15 is 0 Å². The van der Waals surface area contributed by atoms with Gasteiger partial charge in [-0.1, -0.05) is 6.07 Å². The number of carbonyl (C=O) groups excluding carboxylic acids is 1. The fraction of sp³-hybridized carbons (Fsp3) is 0.450. The van der Waals surface area contributed by atoms with Crippen molar-refractivity contribution >= 4 is 17.2 Å². The second-order valence-corrected chi connectivity index (χ2v) is 7.98. The standard InChI is InChI=1S/C20H22N4O3S/c1-3-27-18-12(8-21)5-4-6-15(18)19-23-17-16(28-19)10-24(20(17)25)14-7-13(11-26-2)22-9-14/h4-6,13-14,22H,3,7,9-11H2,1-2H3/t13-,14+/m0/s1. The lowest BCUT2D eigenvalue weighted by Crippen LogP contribution is -2.37. The minimum absolute atomic E-state index is 0.0169. The molecule has 0 saturated carbocycles. The lowest BCUT2D eigenvalue weighted by Gasteiger charge is -2.23. The highest BCUT2D eigenvalue weighted by molar-refractivity contribution is 7.15. The van der Waals surface area contributed by atoms with Crippen LogP contribution in [0.4, 0.5) is 0 Å². The third-order valence-corrected chi connectivity index (χ3v) is 6.21. The number of carbonyl (C=O) groups is 1. The number of rotatable bonds is 6. The maximum Gasteiger partial charge on any atom is 0.274 e. The van der Waals surface area contributed by atoms with Crippen molar-refractivity contribution in [3.63, 3.8) is 0 Å². The van der Waals surface area contributed by atoms with Gasteiger partial charge in [-0.05, 0) is 25.5 Å². The summed E-state index contributed by atoms with van der Waals surface area (Å²) in [6.45, 7) is 4.35. The smallest absolute Gasteiger partial charge is 0.274 e. The van der Waals surface area contributed by atoms with Crippen LogP contribution in [-0.2, 0) is 11.3 Å². The summed E-state index contributed by atoms with van der Waals surface area (Å²) in [6, 6.07) is 8.05. The first-order chi connectivity index (χ1) is 13.7. The molecule has 7 nitrogen and oxygen atoms in total. The van der Waals surface area contributed by atoms with Crippen LogP contribution in [0.2, 0.25) is 0 Å². The normalized spacial score (nSPS) is 21.0. The molecule has 3 heterocycles. The Hall–Kier alpha value is -2.47. The largest absolute Gasteiger partial charge is 0.492 e. The lowest BCUT2D eigenvalue weighted by atomic mass is 10.1. The zero-order chi connectivity index (χ0) is 19.7. The molecule has 1 N–H and O–H groups in total. The number of hydrogen-bond donors (Lipinski definition) is 1. The van der Waals surface area contributed by atoms with E-state index in [4.69, 9.17) is 9.47 Å². The summed E-state index contributed by atoms with van der Waals surface area (Å²) in [5, 5.41) is 13.5. The first-order valence-corrected chi connectivity index (χ1v) is 10.2. The van der Waals surface area contributed by atoms with Crippen LogP contribution in [0.15, 0.2) is 18.2 Å². The van der Waals surface area contributed by atoms with E-state index in [0.717, 1.165) is 28.4 Å². The van der Waals surface area contributed by atoms with Crippen molar-refractivity contribution in [2.75, 3.05) is 26.9 Å². The fourth-order valence-corrected chi connectivity index (χ4v) is 4.93. The van der Waals surface area contributed by atoms with Crippen molar-refractivity contribution in [1.82, 2.24) is 15.2 Å². The number of nitrogens with one attached hydrogen (secondary N) is 1. The van der Waals surface area contributed by atoms with Gasteiger partial charge in [0.2, 0.25) is 0 Å². The second kappa shape index (κ2) is 7.87. The highest BCUT2D eigenvalue weighted by Gasteiger charge is 2.39. The van der Waals surface area contributed by atoms with Crippen LogP contribution in [0, 0.1) is 11.3 Å². The zero-order valence-electron chi connectivity index (χ0n) is 15.9. The van der Waals surface area contributed by atoms with E-state index < -0.39 is 0 Å². The zero-order valence-corrected chi connectivity index (χ0v) is 16.7. The monoisotopic (exact) mass is 398 g/mol. The number of benzene rings is 1. The summed E-state index contributed by atoms with van der Waals surface area (Å²) < 4.78 is 10.9. The van der Waals surface area contributed by atoms with Gasteiger partial charge in [0, 0.05) is 25.7 Å². The number of fused-ring (bicyclic) bond motifs is 1. The van der Waals surface area contributed by atoms with Crippen LogP contribution in [0.1, 0.15) is 34.3 Å². The van der Waals surface area contributed by atoms with Crippen molar-refractivity contribution < 1.29 is 14.3 Å². The molecule has 28 heavy (non-hydrogen) atoms. The Labute approximate surface area is 167 Å². The quantitative estimate of drug-likeness (QED) is 0.804. The first kappa shape index (κ1) is 18.9. The molecule has 2 aliphatic rings. The van der Waals surface area contributed by atoms with Gasteiger partial charge < -0.3 is 19.7 Å². The van der Waals surface area contributed by atoms with E-state index in [0.29, 0.717) is 36.8 Å². The molecule has 2 aromatic rings. The molecule has 0 radical (unpaired) electrons. The molecule has 0 bridgehead atoms. The second-order valence-electron chi connectivity index (χ2n) is 6.90. The Morgan fingerprint density at radius 3 is 3.04 bits per heavy atom. The van der Waals surface area contributed by atoms with Gasteiger partial charge in [0.15, 0.2) is 0 Å². The Morgan fingerprint density at radius 2 is 2.32 bits per heavy atom. The Balaban J connectivity index is 1.58. The van der Waals surface area contributed by atoms with E-state index in [1.807, 2.05) is 24.0 Å². The molecular formula is C20H22N4O3S. The van der Waals surface area contributed by atoms with Crippen molar-refractivity contribution in [2.24, 2.45) is 0 Å². The van der Waals surface area contributed by atoms with Crippen LogP contribution in [-0.4, -0.2) is 54.7 Å². The molecule has 0 spiro atoms. The minimum Gasteiger partial charge on any atom is -0.492 e. The summed E-state index contributed by atoms with van der Waals surface area (Å²) in [5.41, 5.74) is 1.77. The first-order valence-electron chi connectivity index (χ1n) is 9.35. The fourth-order valence-electron chi connectivity index (χ4n) is 3.86. The van der Waals surface area contributed by atoms with Gasteiger partial charge in [-0.3, -0.25) is 4.79 Å². The number of thiazole rings is 1. The molecule has 2 atom stereocenters. The predicted molar refractivity (Wildman–Crippen MR) is 105 cm³/mol. The molecule has 1 amide bonds. The summed E-state index contributed by atoms with van der Waals surface area (Å²) in [6.07, 6.45) is 0.889. The number of nitrogens with zero attached hydrogens (tertiary/aromatic N) is 3. The SMILES string of the molecule is CCOc1c(C#N)cccc1-c1nc2c(s1)CN([C@H]1CN[C@H](COC)C1)C2=O. The molecule has 4 rings (SSSR count). The van der Waals surface area contributed by atoms with E-state index in [1.165, 1.54) is 11.3 Å². The molecule has 2 aliphatic heterocycles. The van der Waals surface area contributed by atoms with Gasteiger partial charge in [0.05, 0.1) is 35.8 Å². The van der Waals surface area contributed by atoms with E-state index in [9.17, 15) is 10.1 Å². The summed E-state index contributed by atoms with van der Waals surface area (Å²) in [7, 11) is 1.69. The molecule has 146 valence electrons. The van der Waals surface area contributed by atoms with E-state index in [2.05, 4.69) is 16.4 Å². The molecule has 1 fully saturated rings. The Kier molecular flexibility index (Phi) is 5.31. The highest BCUT2D eigenvalue weighted by atomic mass is 32.1. The number of amides is 1. The van der Waals surface area contributed by atoms with Gasteiger partial charge >= 0.3 is 0 Å². The molecule has 1 aromatic heterocycles. The van der Waals surface area contributed by atoms with Gasteiger partial charge in [-0.15, -0.1) is 11.3 Å². The van der Waals surface area contributed by atoms with Crippen LogP contribution in [0.25, 0.3) is 10.6 Å². The van der Waals surface area contributed by atoms with Gasteiger partial charge in [-0.2, -0.15) is 5.26 Å². The number of hydrogen-bond acceptors (Lipinski definition) is 7. The summed E-state index contributed by atoms with van der Waals surface area (Å²) >= 11 is 1.50. The minimum atomic E-state index is -0.0169. The number of para-hydroxylation sites is 1. The van der Waals surface area contributed by atoms with Gasteiger partial charge in [0.25, 0.3) is 5.91 Å². The number of ether oxygens (including phenoxy) is 2. The highest BCUT2D eigenvalue weighted by Crippen LogP contribution is 2.40. The third kappa shape index (κ3) is 3.26. The molecule has 1 aromatic carbocycles. The third-order valence-electron chi connectivity index (χ3n) is 5.14. The number of aromatic nitrogens is 1. The lowest BCUT2D eigenvalue weighted by molar-refractivity contribution is 0.0707. The van der Waals surface area contributed by atoms with Crippen molar-refractivity contribution in [3.8, 4) is 22.4 Å². The maximum atomic E-state index is 13.0.